The first-order chi connectivity index (χ1) is 10.6. The number of rotatable bonds is 6. The highest BCUT2D eigenvalue weighted by Crippen LogP contribution is 2.23. The van der Waals surface area contributed by atoms with Crippen LogP contribution in [0.5, 0.6) is 0 Å². The molecule has 0 unspecified atom stereocenters. The highest BCUT2D eigenvalue weighted by molar-refractivity contribution is 8.00. The molecule has 0 amide bonds. The molecule has 0 radical (unpaired) electrons. The van der Waals surface area contributed by atoms with Gasteiger partial charge in [0.1, 0.15) is 0 Å². The monoisotopic (exact) mass is 374 g/mol. The van der Waals surface area contributed by atoms with Crippen LogP contribution in [-0.4, -0.2) is 30.0 Å². The topological polar surface area (TPSA) is 68.2 Å². The second-order valence-electron chi connectivity index (χ2n) is 6.10. The van der Waals surface area contributed by atoms with Gasteiger partial charge in [0.2, 0.25) is 10.0 Å². The molecule has 0 aliphatic carbocycles. The molecule has 8 heteroatoms. The predicted octanol–water partition coefficient (Wildman–Crippen LogP) is 2.89. The maximum atomic E-state index is 12.4. The minimum atomic E-state index is -3.55. The number of sulfonamides is 1. The number of aromatic nitrogens is 1. The molecule has 0 atom stereocenters. The van der Waals surface area contributed by atoms with E-state index in [9.17, 15) is 13.2 Å². The molecule has 1 heterocycles. The van der Waals surface area contributed by atoms with E-state index < -0.39 is 10.0 Å². The summed E-state index contributed by atoms with van der Waals surface area (Å²) in [5, 5.41) is 0. The van der Waals surface area contributed by atoms with Crippen LogP contribution in [0.3, 0.4) is 0 Å². The van der Waals surface area contributed by atoms with Crippen LogP contribution in [0.15, 0.2) is 27.9 Å². The molecule has 2 aromatic rings. The third-order valence-electron chi connectivity index (χ3n) is 3.20. The fourth-order valence-electron chi connectivity index (χ4n) is 2.13. The van der Waals surface area contributed by atoms with Gasteiger partial charge in [-0.05, 0) is 25.1 Å². The fraction of sp³-hybridized carbons (Fsp3) is 0.533. The summed E-state index contributed by atoms with van der Waals surface area (Å²) in [5.74, 6) is 0.713. The van der Waals surface area contributed by atoms with Crippen molar-refractivity contribution >= 4 is 43.3 Å². The molecule has 0 fully saturated rings. The second-order valence-corrected chi connectivity index (χ2v) is 10.8. The minimum absolute atomic E-state index is 0.0633. The van der Waals surface area contributed by atoms with E-state index >= 15 is 0 Å². The van der Waals surface area contributed by atoms with Gasteiger partial charge in [-0.25, -0.2) is 13.1 Å². The van der Waals surface area contributed by atoms with Gasteiger partial charge in [0.15, 0.2) is 0 Å². The minimum Gasteiger partial charge on any atom is -0.299 e. The van der Waals surface area contributed by atoms with Crippen molar-refractivity contribution in [2.45, 2.75) is 43.9 Å². The molecule has 0 aliphatic rings. The lowest BCUT2D eigenvalue weighted by Gasteiger charge is -2.17. The Labute approximate surface area is 145 Å². The van der Waals surface area contributed by atoms with Crippen LogP contribution in [0.25, 0.3) is 10.2 Å². The molecular weight excluding hydrogens is 352 g/mol. The quantitative estimate of drug-likeness (QED) is 0.790. The lowest BCUT2D eigenvalue weighted by molar-refractivity contribution is 0.584. The smallest absolute Gasteiger partial charge is 0.299 e. The normalized spacial score (nSPS) is 12.9. The lowest BCUT2D eigenvalue weighted by atomic mass is 10.3. The van der Waals surface area contributed by atoms with Gasteiger partial charge in [-0.3, -0.25) is 9.36 Å². The van der Waals surface area contributed by atoms with E-state index in [4.69, 9.17) is 0 Å². The highest BCUT2D eigenvalue weighted by atomic mass is 32.2. The molecule has 0 bridgehead atoms. The molecule has 5 nitrogen and oxygen atoms in total. The van der Waals surface area contributed by atoms with Crippen LogP contribution in [0.4, 0.5) is 0 Å². The molecule has 1 aromatic carbocycles. The molecular formula is C15H22N2O3S3. The molecule has 0 saturated heterocycles. The van der Waals surface area contributed by atoms with Crippen LogP contribution in [0.2, 0.25) is 0 Å². The summed E-state index contributed by atoms with van der Waals surface area (Å²) in [6.07, 6.45) is 0. The Morgan fingerprint density at radius 2 is 2.00 bits per heavy atom. The summed E-state index contributed by atoms with van der Waals surface area (Å²) in [4.78, 5) is 12.0. The average molecular weight is 375 g/mol. The Balaban J connectivity index is 2.17. The van der Waals surface area contributed by atoms with E-state index in [1.54, 1.807) is 34.5 Å². The number of nitrogens with one attached hydrogen (secondary N) is 1. The van der Waals surface area contributed by atoms with Crippen molar-refractivity contribution in [1.29, 1.82) is 0 Å². The number of hydrogen-bond acceptors (Lipinski definition) is 5. The molecule has 1 aromatic heterocycles. The average Bonchev–Trinajstić information content (AvgIpc) is 2.76. The third-order valence-corrected chi connectivity index (χ3v) is 6.87. The van der Waals surface area contributed by atoms with Crippen LogP contribution < -0.4 is 9.60 Å². The number of fused-ring (bicyclic) bond motifs is 1. The molecule has 2 rings (SSSR count). The van der Waals surface area contributed by atoms with Gasteiger partial charge in [0.25, 0.3) is 0 Å². The van der Waals surface area contributed by atoms with Gasteiger partial charge in [0, 0.05) is 23.6 Å². The van der Waals surface area contributed by atoms with Gasteiger partial charge < -0.3 is 0 Å². The fourth-order valence-corrected chi connectivity index (χ4v) is 5.20. The van der Waals surface area contributed by atoms with Crippen molar-refractivity contribution in [3.05, 3.63) is 27.9 Å². The summed E-state index contributed by atoms with van der Waals surface area (Å²) in [6, 6.07) is 4.84. The zero-order chi connectivity index (χ0) is 17.3. The van der Waals surface area contributed by atoms with E-state index in [-0.39, 0.29) is 14.5 Å². The molecule has 0 saturated carbocycles. The van der Waals surface area contributed by atoms with Crippen LogP contribution in [-0.2, 0) is 16.6 Å². The van der Waals surface area contributed by atoms with E-state index in [0.717, 1.165) is 16.9 Å². The Morgan fingerprint density at radius 1 is 1.30 bits per heavy atom. The number of nitrogens with zero attached hydrogens (tertiary/aromatic N) is 1. The van der Waals surface area contributed by atoms with Crippen molar-refractivity contribution < 1.29 is 8.42 Å². The summed E-state index contributed by atoms with van der Waals surface area (Å²) < 4.78 is 29.8. The molecule has 0 aliphatic heterocycles. The Morgan fingerprint density at radius 3 is 2.61 bits per heavy atom. The molecule has 23 heavy (non-hydrogen) atoms. The number of thioether (sulfide) groups is 1. The maximum Gasteiger partial charge on any atom is 0.308 e. The van der Waals surface area contributed by atoms with E-state index in [0.29, 0.717) is 23.5 Å². The highest BCUT2D eigenvalue weighted by Gasteiger charge is 2.17. The van der Waals surface area contributed by atoms with Crippen molar-refractivity contribution in [3.8, 4) is 0 Å². The van der Waals surface area contributed by atoms with Gasteiger partial charge in [-0.2, -0.15) is 11.8 Å². The van der Waals surface area contributed by atoms with E-state index in [2.05, 4.69) is 25.5 Å². The van der Waals surface area contributed by atoms with Gasteiger partial charge in [0.05, 0.1) is 15.1 Å². The summed E-state index contributed by atoms with van der Waals surface area (Å²) >= 11 is 2.79. The molecule has 0 spiro atoms. The first kappa shape index (κ1) is 18.5. The summed E-state index contributed by atoms with van der Waals surface area (Å²) in [6.45, 7) is 9.15. The summed E-state index contributed by atoms with van der Waals surface area (Å²) in [5.41, 5.74) is 0.782. The Bertz CT molecular complexity index is 845. The van der Waals surface area contributed by atoms with Gasteiger partial charge in [-0.1, -0.05) is 32.1 Å². The van der Waals surface area contributed by atoms with Gasteiger partial charge >= 0.3 is 4.87 Å². The van der Waals surface area contributed by atoms with Crippen LogP contribution in [0.1, 0.15) is 27.7 Å². The van der Waals surface area contributed by atoms with Crippen LogP contribution in [0, 0.1) is 0 Å². The largest absolute Gasteiger partial charge is 0.308 e. The molecule has 1 N–H and O–H groups in total. The predicted molar refractivity (Wildman–Crippen MR) is 99.2 cm³/mol. The number of thiazole rings is 1. The lowest BCUT2D eigenvalue weighted by Crippen LogP contribution is -2.27. The zero-order valence-electron chi connectivity index (χ0n) is 13.8. The van der Waals surface area contributed by atoms with Crippen molar-refractivity contribution in [3.63, 3.8) is 0 Å². The Hall–Kier alpha value is -0.830. The van der Waals surface area contributed by atoms with Gasteiger partial charge in [-0.15, -0.1) is 0 Å². The number of hydrogen-bond donors (Lipinski definition) is 1. The van der Waals surface area contributed by atoms with Crippen molar-refractivity contribution in [2.75, 3.05) is 12.3 Å². The number of benzene rings is 1. The van der Waals surface area contributed by atoms with Crippen molar-refractivity contribution in [2.24, 2.45) is 0 Å². The first-order valence-corrected chi connectivity index (χ1v) is 10.7. The Kier molecular flexibility index (Phi) is 5.60. The third kappa shape index (κ3) is 4.59. The van der Waals surface area contributed by atoms with Crippen LogP contribution >= 0.6 is 23.1 Å². The first-order valence-electron chi connectivity index (χ1n) is 7.41. The maximum absolute atomic E-state index is 12.4. The number of aryl methyl sites for hydroxylation is 1. The van der Waals surface area contributed by atoms with Crippen molar-refractivity contribution in [1.82, 2.24) is 9.29 Å². The SMILES string of the molecule is CCn1c(=O)sc2cc(S(=O)(=O)NCCSC(C)(C)C)ccc21. The standard InChI is InChI=1S/C15H22N2O3S3/c1-5-17-12-7-6-11(10-13(12)22-14(17)18)23(19,20)16-8-9-21-15(2,3)4/h6-7,10,16H,5,8-9H2,1-4H3. The summed E-state index contributed by atoms with van der Waals surface area (Å²) in [7, 11) is -3.55. The van der Waals surface area contributed by atoms with E-state index in [1.165, 1.54) is 0 Å². The molecule has 128 valence electrons. The second kappa shape index (κ2) is 6.96. The zero-order valence-corrected chi connectivity index (χ0v) is 16.2. The van der Waals surface area contributed by atoms with E-state index in [1.807, 2.05) is 6.92 Å².